The van der Waals surface area contributed by atoms with Crippen LogP contribution in [0.1, 0.15) is 24.8 Å². The lowest BCUT2D eigenvalue weighted by molar-refractivity contribution is -0.128. The highest BCUT2D eigenvalue weighted by molar-refractivity contribution is 5.97. The summed E-state index contributed by atoms with van der Waals surface area (Å²) in [6.45, 7) is 6.00. The van der Waals surface area contributed by atoms with Gasteiger partial charge in [0.05, 0.1) is 0 Å². The highest BCUT2D eigenvalue weighted by Gasteiger charge is 2.23. The molecule has 32 heavy (non-hydrogen) atoms. The number of benzene rings is 2. The molecule has 2 aromatic carbocycles. The number of carbonyl (C=O) groups is 1. The van der Waals surface area contributed by atoms with Crippen molar-refractivity contribution in [1.29, 1.82) is 5.26 Å². The fraction of sp³-hybridized carbons (Fsp3) is 0.385. The summed E-state index contributed by atoms with van der Waals surface area (Å²) in [6, 6.07) is 20.6. The molecule has 0 unspecified atom stereocenters. The van der Waals surface area contributed by atoms with Crippen LogP contribution < -0.4 is 10.2 Å². The maximum absolute atomic E-state index is 12.8. The number of hydrogen-bond acceptors (Lipinski definition) is 5. The van der Waals surface area contributed by atoms with Crippen molar-refractivity contribution in [2.75, 3.05) is 49.5 Å². The number of amides is 1. The first kappa shape index (κ1) is 21.9. The van der Waals surface area contributed by atoms with Gasteiger partial charge in [-0.2, -0.15) is 5.26 Å². The van der Waals surface area contributed by atoms with Gasteiger partial charge in [-0.3, -0.25) is 9.69 Å². The molecule has 1 amide bonds. The third kappa shape index (κ3) is 5.68. The summed E-state index contributed by atoms with van der Waals surface area (Å²) in [5.74, 6) is -0.204. The third-order valence-corrected chi connectivity index (χ3v) is 6.23. The maximum Gasteiger partial charge on any atom is 0.266 e. The molecule has 2 saturated heterocycles. The van der Waals surface area contributed by atoms with E-state index in [1.165, 1.54) is 36.7 Å². The van der Waals surface area contributed by atoms with E-state index in [9.17, 15) is 10.1 Å². The van der Waals surface area contributed by atoms with Gasteiger partial charge in [-0.05, 0) is 49.1 Å². The van der Waals surface area contributed by atoms with Crippen molar-refractivity contribution in [2.24, 2.45) is 0 Å². The third-order valence-electron chi connectivity index (χ3n) is 6.23. The Labute approximate surface area is 190 Å². The van der Waals surface area contributed by atoms with Gasteiger partial charge in [0.15, 0.2) is 0 Å². The molecule has 166 valence electrons. The number of piperidine rings is 1. The van der Waals surface area contributed by atoms with Crippen LogP contribution in [-0.4, -0.2) is 55.0 Å². The molecular weight excluding hydrogens is 398 g/mol. The molecule has 2 heterocycles. The fourth-order valence-electron chi connectivity index (χ4n) is 4.34. The van der Waals surface area contributed by atoms with Crippen molar-refractivity contribution in [3.8, 4) is 6.07 Å². The van der Waals surface area contributed by atoms with Crippen LogP contribution in [0.25, 0.3) is 0 Å². The molecule has 0 atom stereocenters. The predicted octanol–water partition coefficient (Wildman–Crippen LogP) is 3.84. The summed E-state index contributed by atoms with van der Waals surface area (Å²) in [4.78, 5) is 19.4. The molecule has 0 radical (unpaired) electrons. The Hall–Kier alpha value is -3.30. The van der Waals surface area contributed by atoms with E-state index in [2.05, 4.69) is 45.5 Å². The first-order valence-corrected chi connectivity index (χ1v) is 11.5. The van der Waals surface area contributed by atoms with Gasteiger partial charge in [0, 0.05) is 63.4 Å². The zero-order valence-electron chi connectivity index (χ0n) is 18.5. The lowest BCUT2D eigenvalue weighted by Gasteiger charge is -2.34. The Morgan fingerprint density at radius 1 is 0.906 bits per heavy atom. The molecule has 2 aromatic rings. The molecule has 4 rings (SSSR count). The number of hydrogen-bond donors (Lipinski definition) is 1. The highest BCUT2D eigenvalue weighted by Crippen LogP contribution is 2.22. The molecule has 6 heteroatoms. The van der Waals surface area contributed by atoms with Gasteiger partial charge in [-0.15, -0.1) is 0 Å². The minimum atomic E-state index is -0.204. The number of carbonyl (C=O) groups excluding carboxylic acids is 1. The van der Waals surface area contributed by atoms with Crippen LogP contribution in [0.15, 0.2) is 66.4 Å². The van der Waals surface area contributed by atoms with Gasteiger partial charge in [0.25, 0.3) is 5.91 Å². The van der Waals surface area contributed by atoms with Crippen molar-refractivity contribution in [3.63, 3.8) is 0 Å². The summed E-state index contributed by atoms with van der Waals surface area (Å²) in [6.07, 6.45) is 5.34. The average Bonchev–Trinajstić information content (AvgIpc) is 2.86. The van der Waals surface area contributed by atoms with Crippen molar-refractivity contribution < 1.29 is 4.79 Å². The molecule has 2 aliphatic heterocycles. The topological polar surface area (TPSA) is 62.6 Å². The first-order chi connectivity index (χ1) is 15.7. The Morgan fingerprint density at radius 3 is 2.25 bits per heavy atom. The molecule has 0 aliphatic carbocycles. The van der Waals surface area contributed by atoms with E-state index in [1.807, 2.05) is 30.3 Å². The molecule has 6 nitrogen and oxygen atoms in total. The van der Waals surface area contributed by atoms with Gasteiger partial charge in [-0.25, -0.2) is 0 Å². The summed E-state index contributed by atoms with van der Waals surface area (Å²) in [7, 11) is 0. The number of anilines is 2. The first-order valence-electron chi connectivity index (χ1n) is 11.5. The highest BCUT2D eigenvalue weighted by atomic mass is 16.2. The van der Waals surface area contributed by atoms with E-state index < -0.39 is 0 Å². The fourth-order valence-corrected chi connectivity index (χ4v) is 4.34. The van der Waals surface area contributed by atoms with Crippen LogP contribution in [0.4, 0.5) is 11.4 Å². The standard InChI is InChI=1S/C26H31N5O/c27-19-23(20-28-24-9-11-25(12-10-24)30-13-5-2-6-14-30)26(32)31-17-15-29(16-18-31)21-22-7-3-1-4-8-22/h1,3-4,7-12,20,28H,2,5-6,13-18,21H2/b23-20-. The Bertz CT molecular complexity index is 950. The number of rotatable bonds is 6. The largest absolute Gasteiger partial charge is 0.372 e. The van der Waals surface area contributed by atoms with Gasteiger partial charge in [0.2, 0.25) is 0 Å². The molecule has 0 spiro atoms. The van der Waals surface area contributed by atoms with Crippen LogP contribution in [0.2, 0.25) is 0 Å². The average molecular weight is 430 g/mol. The van der Waals surface area contributed by atoms with Crippen molar-refractivity contribution in [3.05, 3.63) is 71.9 Å². The van der Waals surface area contributed by atoms with Crippen LogP contribution >= 0.6 is 0 Å². The van der Waals surface area contributed by atoms with Gasteiger partial charge in [0.1, 0.15) is 11.6 Å². The van der Waals surface area contributed by atoms with Crippen LogP contribution in [0.3, 0.4) is 0 Å². The SMILES string of the molecule is N#C/C(=C/Nc1ccc(N2CCCCC2)cc1)C(=O)N1CCN(Cc2ccccc2)CC1. The zero-order chi connectivity index (χ0) is 22.2. The lowest BCUT2D eigenvalue weighted by atomic mass is 10.1. The van der Waals surface area contributed by atoms with Gasteiger partial charge >= 0.3 is 0 Å². The molecule has 0 aromatic heterocycles. The molecule has 0 bridgehead atoms. The van der Waals surface area contributed by atoms with E-state index in [0.29, 0.717) is 13.1 Å². The molecule has 2 fully saturated rings. The van der Waals surface area contributed by atoms with E-state index >= 15 is 0 Å². The van der Waals surface area contributed by atoms with Crippen LogP contribution in [0, 0.1) is 11.3 Å². The minimum absolute atomic E-state index is 0.140. The van der Waals surface area contributed by atoms with Gasteiger partial charge < -0.3 is 15.1 Å². The number of nitrogens with one attached hydrogen (secondary N) is 1. The van der Waals surface area contributed by atoms with Crippen molar-refractivity contribution in [2.45, 2.75) is 25.8 Å². The second kappa shape index (κ2) is 10.8. The summed E-state index contributed by atoms with van der Waals surface area (Å²) in [5, 5.41) is 12.7. The summed E-state index contributed by atoms with van der Waals surface area (Å²) in [5.41, 5.74) is 3.52. The smallest absolute Gasteiger partial charge is 0.266 e. The van der Waals surface area contributed by atoms with E-state index in [-0.39, 0.29) is 11.5 Å². The monoisotopic (exact) mass is 429 g/mol. The van der Waals surface area contributed by atoms with E-state index in [0.717, 1.165) is 38.4 Å². The van der Waals surface area contributed by atoms with Crippen LogP contribution in [-0.2, 0) is 11.3 Å². The Balaban J connectivity index is 1.29. The maximum atomic E-state index is 12.8. The number of piperazine rings is 1. The van der Waals surface area contributed by atoms with Crippen LogP contribution in [0.5, 0.6) is 0 Å². The molecule has 0 saturated carbocycles. The predicted molar refractivity (Wildman–Crippen MR) is 128 cm³/mol. The zero-order valence-corrected chi connectivity index (χ0v) is 18.5. The van der Waals surface area contributed by atoms with Crippen molar-refractivity contribution >= 4 is 17.3 Å². The second-order valence-corrected chi connectivity index (χ2v) is 8.46. The summed E-state index contributed by atoms with van der Waals surface area (Å²) < 4.78 is 0. The second-order valence-electron chi connectivity index (χ2n) is 8.46. The number of nitriles is 1. The van der Waals surface area contributed by atoms with E-state index in [4.69, 9.17) is 0 Å². The normalized spacial score (nSPS) is 17.7. The van der Waals surface area contributed by atoms with Gasteiger partial charge in [-0.1, -0.05) is 30.3 Å². The molecule has 1 N–H and O–H groups in total. The quantitative estimate of drug-likeness (QED) is 0.558. The lowest BCUT2D eigenvalue weighted by Crippen LogP contribution is -2.48. The minimum Gasteiger partial charge on any atom is -0.372 e. The van der Waals surface area contributed by atoms with Crippen molar-refractivity contribution in [1.82, 2.24) is 9.80 Å². The number of nitrogens with zero attached hydrogens (tertiary/aromatic N) is 4. The van der Waals surface area contributed by atoms with E-state index in [1.54, 1.807) is 4.90 Å². The summed E-state index contributed by atoms with van der Waals surface area (Å²) >= 11 is 0. The Morgan fingerprint density at radius 2 is 1.59 bits per heavy atom. The Kier molecular flexibility index (Phi) is 7.42. The molecular formula is C26H31N5O. The molecule has 2 aliphatic rings.